The van der Waals surface area contributed by atoms with E-state index >= 15 is 0 Å². The van der Waals surface area contributed by atoms with Crippen molar-refractivity contribution in [1.82, 2.24) is 15.1 Å². The summed E-state index contributed by atoms with van der Waals surface area (Å²) in [5.74, 6) is -0.719. The third-order valence-electron chi connectivity index (χ3n) is 3.14. The first kappa shape index (κ1) is 16.0. The van der Waals surface area contributed by atoms with Gasteiger partial charge in [0.1, 0.15) is 0 Å². The molecule has 22 heavy (non-hydrogen) atoms. The van der Waals surface area contributed by atoms with Gasteiger partial charge in [-0.2, -0.15) is 5.10 Å². The number of nitrogens with one attached hydrogen (secondary N) is 1. The van der Waals surface area contributed by atoms with E-state index in [2.05, 4.69) is 15.2 Å². The van der Waals surface area contributed by atoms with Crippen LogP contribution in [0.25, 0.3) is 0 Å². The van der Waals surface area contributed by atoms with E-state index in [4.69, 9.17) is 11.6 Å². The van der Waals surface area contributed by atoms with Crippen molar-refractivity contribution in [2.75, 3.05) is 7.11 Å². The molecule has 0 bridgehead atoms. The Morgan fingerprint density at radius 3 is 2.59 bits per heavy atom. The number of halogens is 1. The average Bonchev–Trinajstić information content (AvgIpc) is 2.94. The molecule has 0 saturated heterocycles. The number of rotatable bonds is 5. The van der Waals surface area contributed by atoms with Crippen molar-refractivity contribution in [3.63, 3.8) is 0 Å². The average molecular weight is 322 g/mol. The van der Waals surface area contributed by atoms with Gasteiger partial charge in [-0.3, -0.25) is 14.3 Å². The van der Waals surface area contributed by atoms with Crippen molar-refractivity contribution in [3.8, 4) is 0 Å². The van der Waals surface area contributed by atoms with Crippen molar-refractivity contribution < 1.29 is 14.3 Å². The quantitative estimate of drug-likeness (QED) is 0.856. The van der Waals surface area contributed by atoms with Crippen LogP contribution in [0.5, 0.6) is 0 Å². The van der Waals surface area contributed by atoms with Gasteiger partial charge in [-0.25, -0.2) is 0 Å². The fraction of sp³-hybridized carbons (Fsp3) is 0.267. The Kier molecular flexibility index (Phi) is 5.16. The molecule has 0 saturated carbocycles. The van der Waals surface area contributed by atoms with E-state index in [1.165, 1.54) is 18.0 Å². The Labute approximate surface area is 133 Å². The lowest BCUT2D eigenvalue weighted by Gasteiger charge is -2.18. The highest BCUT2D eigenvalue weighted by molar-refractivity contribution is 6.30. The SMILES string of the molecule is COC(=O)C[C@H](NC(=O)c1cnn(C)c1)c1ccc(Cl)cc1. The van der Waals surface area contributed by atoms with E-state index in [0.717, 1.165) is 5.56 Å². The fourth-order valence-electron chi connectivity index (χ4n) is 1.98. The van der Waals surface area contributed by atoms with Crippen molar-refractivity contribution in [2.45, 2.75) is 12.5 Å². The van der Waals surface area contributed by atoms with Gasteiger partial charge in [-0.1, -0.05) is 23.7 Å². The first-order valence-electron chi connectivity index (χ1n) is 6.61. The van der Waals surface area contributed by atoms with Gasteiger partial charge in [0.25, 0.3) is 5.91 Å². The van der Waals surface area contributed by atoms with Crippen molar-refractivity contribution in [1.29, 1.82) is 0 Å². The lowest BCUT2D eigenvalue weighted by atomic mass is 10.0. The Bertz CT molecular complexity index is 667. The molecule has 0 aliphatic carbocycles. The summed E-state index contributed by atoms with van der Waals surface area (Å²) in [6.07, 6.45) is 3.10. The minimum Gasteiger partial charge on any atom is -0.469 e. The van der Waals surface area contributed by atoms with Gasteiger partial charge in [0, 0.05) is 18.3 Å². The molecule has 6 nitrogen and oxygen atoms in total. The molecule has 0 aliphatic rings. The van der Waals surface area contributed by atoms with Crippen LogP contribution in [0.3, 0.4) is 0 Å². The third kappa shape index (κ3) is 4.08. The summed E-state index contributed by atoms with van der Waals surface area (Å²) in [5.41, 5.74) is 1.19. The summed E-state index contributed by atoms with van der Waals surface area (Å²) >= 11 is 5.86. The van der Waals surface area contributed by atoms with Crippen LogP contribution in [0.1, 0.15) is 28.4 Å². The molecule has 1 amide bonds. The van der Waals surface area contributed by atoms with E-state index in [1.54, 1.807) is 37.5 Å². The largest absolute Gasteiger partial charge is 0.469 e. The van der Waals surface area contributed by atoms with E-state index in [0.29, 0.717) is 10.6 Å². The number of ether oxygens (including phenoxy) is 1. The molecule has 0 fully saturated rings. The normalized spacial score (nSPS) is 11.8. The molecule has 1 atom stereocenters. The second-order valence-corrected chi connectivity index (χ2v) is 5.20. The number of hydrogen-bond acceptors (Lipinski definition) is 4. The number of aryl methyl sites for hydroxylation is 1. The molecule has 1 heterocycles. The van der Waals surface area contributed by atoms with Crippen LogP contribution < -0.4 is 5.32 Å². The number of nitrogens with zero attached hydrogens (tertiary/aromatic N) is 2. The van der Waals surface area contributed by atoms with Crippen LogP contribution >= 0.6 is 11.6 Å². The molecule has 2 aromatic rings. The number of esters is 1. The molecule has 0 unspecified atom stereocenters. The first-order chi connectivity index (χ1) is 10.5. The molecule has 7 heteroatoms. The molecular weight excluding hydrogens is 306 g/mol. The van der Waals surface area contributed by atoms with Crippen LogP contribution in [-0.4, -0.2) is 28.8 Å². The van der Waals surface area contributed by atoms with Gasteiger partial charge in [-0.05, 0) is 17.7 Å². The lowest BCUT2D eigenvalue weighted by molar-refractivity contribution is -0.141. The monoisotopic (exact) mass is 321 g/mol. The Balaban J connectivity index is 2.18. The molecule has 116 valence electrons. The summed E-state index contributed by atoms with van der Waals surface area (Å²) in [6.45, 7) is 0. The van der Waals surface area contributed by atoms with Crippen LogP contribution in [0.15, 0.2) is 36.7 Å². The highest BCUT2D eigenvalue weighted by atomic mass is 35.5. The molecule has 2 rings (SSSR count). The topological polar surface area (TPSA) is 73.2 Å². The number of benzene rings is 1. The van der Waals surface area contributed by atoms with E-state index in [1.807, 2.05) is 0 Å². The summed E-state index contributed by atoms with van der Waals surface area (Å²) < 4.78 is 6.22. The highest BCUT2D eigenvalue weighted by Crippen LogP contribution is 2.20. The van der Waals surface area contributed by atoms with Crippen molar-refractivity contribution in [3.05, 3.63) is 52.8 Å². The Hall–Kier alpha value is -2.34. The zero-order chi connectivity index (χ0) is 16.1. The highest BCUT2D eigenvalue weighted by Gasteiger charge is 2.20. The summed E-state index contributed by atoms with van der Waals surface area (Å²) in [7, 11) is 3.03. The summed E-state index contributed by atoms with van der Waals surface area (Å²) in [5, 5.41) is 7.35. The van der Waals surface area contributed by atoms with Gasteiger partial charge in [-0.15, -0.1) is 0 Å². The Morgan fingerprint density at radius 1 is 1.36 bits per heavy atom. The standard InChI is InChI=1S/C15H16ClN3O3/c1-19-9-11(8-17-19)15(21)18-13(7-14(20)22-2)10-3-5-12(16)6-4-10/h3-6,8-9,13H,7H2,1-2H3,(H,18,21)/t13-/m0/s1. The zero-order valence-corrected chi connectivity index (χ0v) is 13.0. The van der Waals surface area contributed by atoms with E-state index < -0.39 is 12.0 Å². The number of aromatic nitrogens is 2. The van der Waals surface area contributed by atoms with E-state index in [9.17, 15) is 9.59 Å². The van der Waals surface area contributed by atoms with Crippen LogP contribution in [0.2, 0.25) is 5.02 Å². The van der Waals surface area contributed by atoms with Crippen LogP contribution in [0.4, 0.5) is 0 Å². The summed E-state index contributed by atoms with van der Waals surface area (Å²) in [4.78, 5) is 23.8. The van der Waals surface area contributed by atoms with Crippen molar-refractivity contribution >= 4 is 23.5 Å². The number of methoxy groups -OCH3 is 1. The maximum Gasteiger partial charge on any atom is 0.307 e. The maximum atomic E-state index is 12.2. The molecule has 0 aliphatic heterocycles. The van der Waals surface area contributed by atoms with Gasteiger partial charge >= 0.3 is 5.97 Å². The number of carbonyl (C=O) groups is 2. The second kappa shape index (κ2) is 7.09. The molecule has 1 N–H and O–H groups in total. The third-order valence-corrected chi connectivity index (χ3v) is 3.40. The fourth-order valence-corrected chi connectivity index (χ4v) is 2.10. The molecule has 0 radical (unpaired) electrons. The second-order valence-electron chi connectivity index (χ2n) is 4.76. The van der Waals surface area contributed by atoms with Crippen LogP contribution in [0, 0.1) is 0 Å². The van der Waals surface area contributed by atoms with Gasteiger partial charge in [0.2, 0.25) is 0 Å². The minimum atomic E-state index is -0.502. The predicted molar refractivity (Wildman–Crippen MR) is 81.5 cm³/mol. The predicted octanol–water partition coefficient (Wildman–Crippen LogP) is 2.11. The zero-order valence-electron chi connectivity index (χ0n) is 12.2. The molecular formula is C15H16ClN3O3. The number of carbonyl (C=O) groups excluding carboxylic acids is 2. The summed E-state index contributed by atoms with van der Waals surface area (Å²) in [6, 6.07) is 6.44. The Morgan fingerprint density at radius 2 is 2.05 bits per heavy atom. The molecule has 0 spiro atoms. The lowest BCUT2D eigenvalue weighted by Crippen LogP contribution is -2.30. The first-order valence-corrected chi connectivity index (χ1v) is 6.99. The van der Waals surface area contributed by atoms with Crippen LogP contribution in [-0.2, 0) is 16.6 Å². The smallest absolute Gasteiger partial charge is 0.307 e. The molecule has 1 aromatic carbocycles. The minimum absolute atomic E-state index is 0.0319. The number of amides is 1. The van der Waals surface area contributed by atoms with E-state index in [-0.39, 0.29) is 12.3 Å². The van der Waals surface area contributed by atoms with Gasteiger partial charge < -0.3 is 10.1 Å². The number of hydrogen-bond donors (Lipinski definition) is 1. The van der Waals surface area contributed by atoms with Crippen molar-refractivity contribution in [2.24, 2.45) is 7.05 Å². The maximum absolute atomic E-state index is 12.2. The van der Waals surface area contributed by atoms with Gasteiger partial charge in [0.05, 0.1) is 31.3 Å². The van der Waals surface area contributed by atoms with Gasteiger partial charge in [0.15, 0.2) is 0 Å². The molecule has 1 aromatic heterocycles.